The number of nitrogens with zero attached hydrogens (tertiary/aromatic N) is 1. The average molecular weight is 344 g/mol. The molecule has 2 N–H and O–H groups in total. The molecule has 0 atom stereocenters. The predicted octanol–water partition coefficient (Wildman–Crippen LogP) is 3.25. The topological polar surface area (TPSA) is 110 Å². The molecule has 122 valence electrons. The standard InChI is InChI=1S/C16H12N2O5S/c19-16-9-8-15(13-6-1-2-7-14(13)16)17-24(22,23)12-5-3-4-11(10-12)18(20)21/h1-10,17,19H. The van der Waals surface area contributed by atoms with Crippen LogP contribution in [0.25, 0.3) is 10.8 Å². The number of hydrogen-bond acceptors (Lipinski definition) is 5. The Morgan fingerprint density at radius 3 is 2.38 bits per heavy atom. The molecule has 0 heterocycles. The number of nitro benzene ring substituents is 1. The van der Waals surface area contributed by atoms with Crippen LogP contribution in [0.4, 0.5) is 11.4 Å². The van der Waals surface area contributed by atoms with Gasteiger partial charge in [-0.15, -0.1) is 0 Å². The maximum atomic E-state index is 12.5. The van der Waals surface area contributed by atoms with Crippen LogP contribution in [0.3, 0.4) is 0 Å². The highest BCUT2D eigenvalue weighted by Crippen LogP contribution is 2.32. The van der Waals surface area contributed by atoms with E-state index < -0.39 is 14.9 Å². The molecule has 3 aromatic rings. The third kappa shape index (κ3) is 2.86. The number of benzene rings is 3. The van der Waals surface area contributed by atoms with Crippen LogP contribution >= 0.6 is 0 Å². The summed E-state index contributed by atoms with van der Waals surface area (Å²) in [5.41, 5.74) is -0.0386. The summed E-state index contributed by atoms with van der Waals surface area (Å²) in [6, 6.07) is 14.4. The minimum atomic E-state index is -4.01. The van der Waals surface area contributed by atoms with Gasteiger partial charge in [-0.05, 0) is 18.2 Å². The van der Waals surface area contributed by atoms with E-state index in [0.29, 0.717) is 10.8 Å². The van der Waals surface area contributed by atoms with Crippen molar-refractivity contribution < 1.29 is 18.4 Å². The van der Waals surface area contributed by atoms with Gasteiger partial charge in [0.2, 0.25) is 0 Å². The van der Waals surface area contributed by atoms with Gasteiger partial charge in [-0.25, -0.2) is 8.42 Å². The third-order valence-electron chi connectivity index (χ3n) is 3.48. The van der Waals surface area contributed by atoms with Crippen LogP contribution in [0.2, 0.25) is 0 Å². The number of phenols is 1. The van der Waals surface area contributed by atoms with E-state index in [1.54, 1.807) is 24.3 Å². The van der Waals surface area contributed by atoms with E-state index in [0.717, 1.165) is 6.07 Å². The Labute approximate surface area is 137 Å². The van der Waals surface area contributed by atoms with E-state index in [9.17, 15) is 23.6 Å². The number of sulfonamides is 1. The number of hydrogen-bond donors (Lipinski definition) is 2. The molecule has 0 saturated heterocycles. The largest absolute Gasteiger partial charge is 0.507 e. The lowest BCUT2D eigenvalue weighted by Gasteiger charge is -2.11. The van der Waals surface area contributed by atoms with Crippen molar-refractivity contribution in [1.29, 1.82) is 0 Å². The highest BCUT2D eigenvalue weighted by atomic mass is 32.2. The predicted molar refractivity (Wildman–Crippen MR) is 89.5 cm³/mol. The summed E-state index contributed by atoms with van der Waals surface area (Å²) in [6.45, 7) is 0. The maximum Gasteiger partial charge on any atom is 0.270 e. The monoisotopic (exact) mass is 344 g/mol. The molecule has 8 heteroatoms. The first-order valence-electron chi connectivity index (χ1n) is 6.86. The number of non-ortho nitro benzene ring substituents is 1. The highest BCUT2D eigenvalue weighted by molar-refractivity contribution is 7.92. The molecule has 0 radical (unpaired) electrons. The van der Waals surface area contributed by atoms with E-state index in [4.69, 9.17) is 0 Å². The van der Waals surface area contributed by atoms with Crippen LogP contribution in [0.15, 0.2) is 65.6 Å². The second-order valence-electron chi connectivity index (χ2n) is 5.04. The Morgan fingerprint density at radius 2 is 1.67 bits per heavy atom. The van der Waals surface area contributed by atoms with Crippen molar-refractivity contribution in [3.63, 3.8) is 0 Å². The van der Waals surface area contributed by atoms with Crippen LogP contribution in [0, 0.1) is 10.1 Å². The molecule has 0 saturated carbocycles. The van der Waals surface area contributed by atoms with E-state index >= 15 is 0 Å². The van der Waals surface area contributed by atoms with Gasteiger partial charge < -0.3 is 5.11 Å². The lowest BCUT2D eigenvalue weighted by molar-refractivity contribution is -0.385. The fourth-order valence-corrected chi connectivity index (χ4v) is 3.46. The first-order valence-corrected chi connectivity index (χ1v) is 8.35. The van der Waals surface area contributed by atoms with Crippen molar-refractivity contribution in [2.24, 2.45) is 0 Å². The van der Waals surface area contributed by atoms with Crippen molar-refractivity contribution in [3.05, 3.63) is 70.8 Å². The number of rotatable bonds is 4. The van der Waals surface area contributed by atoms with E-state index in [2.05, 4.69) is 4.72 Å². The molecule has 3 rings (SSSR count). The van der Waals surface area contributed by atoms with Gasteiger partial charge in [-0.1, -0.05) is 30.3 Å². The van der Waals surface area contributed by atoms with Gasteiger partial charge >= 0.3 is 0 Å². The fourth-order valence-electron chi connectivity index (χ4n) is 2.34. The summed E-state index contributed by atoms with van der Waals surface area (Å²) in [7, 11) is -4.01. The molecule has 7 nitrogen and oxygen atoms in total. The van der Waals surface area contributed by atoms with Gasteiger partial charge in [0.25, 0.3) is 15.7 Å². The minimum absolute atomic E-state index is 0.0314. The second kappa shape index (κ2) is 5.82. The van der Waals surface area contributed by atoms with Crippen LogP contribution in [0.5, 0.6) is 5.75 Å². The fraction of sp³-hybridized carbons (Fsp3) is 0. The molecule has 0 fully saturated rings. The van der Waals surface area contributed by atoms with Gasteiger partial charge in [0.05, 0.1) is 15.5 Å². The maximum absolute atomic E-state index is 12.5. The summed E-state index contributed by atoms with van der Waals surface area (Å²) in [5.74, 6) is 0.0314. The van der Waals surface area contributed by atoms with Crippen molar-refractivity contribution in [2.45, 2.75) is 4.90 Å². The van der Waals surface area contributed by atoms with Crippen molar-refractivity contribution in [2.75, 3.05) is 4.72 Å². The summed E-state index contributed by atoms with van der Waals surface area (Å²) in [5, 5.41) is 21.7. The zero-order valence-corrected chi connectivity index (χ0v) is 13.0. The lowest BCUT2D eigenvalue weighted by Crippen LogP contribution is -2.13. The van der Waals surface area contributed by atoms with Crippen molar-refractivity contribution >= 4 is 32.2 Å². The zero-order chi connectivity index (χ0) is 17.3. The molecule has 0 aliphatic rings. The molecule has 3 aromatic carbocycles. The van der Waals surface area contributed by atoms with Gasteiger partial charge in [-0.2, -0.15) is 0 Å². The summed E-state index contributed by atoms with van der Waals surface area (Å²) in [6.07, 6.45) is 0. The second-order valence-corrected chi connectivity index (χ2v) is 6.72. The number of nitro groups is 1. The smallest absolute Gasteiger partial charge is 0.270 e. The molecule has 0 spiro atoms. The SMILES string of the molecule is O=[N+]([O-])c1cccc(S(=O)(=O)Nc2ccc(O)c3ccccc23)c1. The lowest BCUT2D eigenvalue weighted by atomic mass is 10.1. The molecule has 0 aliphatic carbocycles. The number of nitrogens with one attached hydrogen (secondary N) is 1. The van der Waals surface area contributed by atoms with E-state index in [1.807, 2.05) is 0 Å². The Bertz CT molecular complexity index is 1050. The molecule has 0 aromatic heterocycles. The summed E-state index contributed by atoms with van der Waals surface area (Å²) in [4.78, 5) is 9.94. The quantitative estimate of drug-likeness (QED) is 0.429. The van der Waals surface area contributed by atoms with E-state index in [1.165, 1.54) is 30.3 Å². The van der Waals surface area contributed by atoms with Crippen LogP contribution < -0.4 is 4.72 Å². The number of fused-ring (bicyclic) bond motifs is 1. The number of phenolic OH excluding ortho intramolecular Hbond substituents is 1. The number of aromatic hydroxyl groups is 1. The normalized spacial score (nSPS) is 11.3. The molecular weight excluding hydrogens is 332 g/mol. The van der Waals surface area contributed by atoms with Gasteiger partial charge in [-0.3, -0.25) is 14.8 Å². The average Bonchev–Trinajstić information content (AvgIpc) is 2.58. The van der Waals surface area contributed by atoms with Crippen LogP contribution in [0.1, 0.15) is 0 Å². The molecule has 24 heavy (non-hydrogen) atoms. The van der Waals surface area contributed by atoms with Crippen LogP contribution in [-0.2, 0) is 10.0 Å². The first kappa shape index (κ1) is 15.8. The number of anilines is 1. The summed E-state index contributed by atoms with van der Waals surface area (Å²) < 4.78 is 27.4. The van der Waals surface area contributed by atoms with Crippen LogP contribution in [-0.4, -0.2) is 18.4 Å². The Morgan fingerprint density at radius 1 is 0.958 bits per heavy atom. The van der Waals surface area contributed by atoms with E-state index in [-0.39, 0.29) is 22.0 Å². The Balaban J connectivity index is 2.06. The van der Waals surface area contributed by atoms with Gasteiger partial charge in [0.1, 0.15) is 5.75 Å². The molecular formula is C16H12N2O5S. The first-order chi connectivity index (χ1) is 11.4. The molecule has 0 aliphatic heterocycles. The third-order valence-corrected chi connectivity index (χ3v) is 4.85. The van der Waals surface area contributed by atoms with Crippen molar-refractivity contribution in [3.8, 4) is 5.75 Å². The Hall–Kier alpha value is -3.13. The van der Waals surface area contributed by atoms with Crippen molar-refractivity contribution in [1.82, 2.24) is 0 Å². The highest BCUT2D eigenvalue weighted by Gasteiger charge is 2.19. The molecule has 0 unspecified atom stereocenters. The minimum Gasteiger partial charge on any atom is -0.507 e. The summed E-state index contributed by atoms with van der Waals surface area (Å²) >= 11 is 0. The van der Waals surface area contributed by atoms with Gasteiger partial charge in [0, 0.05) is 22.9 Å². The molecule has 0 bridgehead atoms. The zero-order valence-electron chi connectivity index (χ0n) is 12.2. The molecule has 0 amide bonds. The van der Waals surface area contributed by atoms with Gasteiger partial charge in [0.15, 0.2) is 0 Å². The Kier molecular flexibility index (Phi) is 3.82.